The van der Waals surface area contributed by atoms with Gasteiger partial charge in [-0.05, 0) is 50.3 Å². The molecule has 0 saturated carbocycles. The molecule has 3 heterocycles. The molecule has 0 spiro atoms. The van der Waals surface area contributed by atoms with E-state index in [9.17, 15) is 9.59 Å². The highest BCUT2D eigenvalue weighted by Gasteiger charge is 2.32. The fourth-order valence-electron chi connectivity index (χ4n) is 4.41. The largest absolute Gasteiger partial charge is 0.367 e. The smallest absolute Gasteiger partial charge is 0.248 e. The predicted octanol–water partition coefficient (Wildman–Crippen LogP) is 1.58. The van der Waals surface area contributed by atoms with Crippen molar-refractivity contribution in [1.82, 2.24) is 10.2 Å². The lowest BCUT2D eigenvalue weighted by molar-refractivity contribution is -0.140. The number of nitrogens with one attached hydrogen (secondary N) is 1. The second-order valence-corrected chi connectivity index (χ2v) is 7.80. The Bertz CT molecular complexity index is 679. The number of carbonyl (C=O) groups is 2. The summed E-state index contributed by atoms with van der Waals surface area (Å²) in [6.45, 7) is 4.06. The molecule has 2 fully saturated rings. The molecule has 2 amide bonds. The van der Waals surface area contributed by atoms with Crippen molar-refractivity contribution in [3.8, 4) is 0 Å². The number of nitrogens with zero attached hydrogens (tertiary/aromatic N) is 2. The number of anilines is 1. The van der Waals surface area contributed by atoms with Crippen LogP contribution in [0.3, 0.4) is 0 Å². The Morgan fingerprint density at radius 3 is 2.70 bits per heavy atom. The third-order valence-corrected chi connectivity index (χ3v) is 6.03. The molecule has 0 radical (unpaired) electrons. The molecule has 0 bridgehead atoms. The molecule has 146 valence electrons. The first-order valence-electron chi connectivity index (χ1n) is 10.2. The van der Waals surface area contributed by atoms with Crippen LogP contribution in [-0.4, -0.2) is 62.1 Å². The minimum absolute atomic E-state index is 0.0140. The quantitative estimate of drug-likeness (QED) is 0.873. The van der Waals surface area contributed by atoms with E-state index in [0.717, 1.165) is 57.4 Å². The van der Waals surface area contributed by atoms with Gasteiger partial charge in [-0.25, -0.2) is 0 Å². The van der Waals surface area contributed by atoms with E-state index in [1.807, 2.05) is 21.9 Å². The average Bonchev–Trinajstić information content (AvgIpc) is 3.25. The van der Waals surface area contributed by atoms with Crippen LogP contribution in [0.25, 0.3) is 0 Å². The van der Waals surface area contributed by atoms with Gasteiger partial charge in [0.2, 0.25) is 11.8 Å². The van der Waals surface area contributed by atoms with Gasteiger partial charge < -0.3 is 19.9 Å². The van der Waals surface area contributed by atoms with Gasteiger partial charge in [0, 0.05) is 37.8 Å². The Morgan fingerprint density at radius 1 is 1.11 bits per heavy atom. The third-order valence-electron chi connectivity index (χ3n) is 6.03. The highest BCUT2D eigenvalue weighted by molar-refractivity contribution is 5.96. The highest BCUT2D eigenvalue weighted by Crippen LogP contribution is 2.30. The molecule has 1 N–H and O–H groups in total. The monoisotopic (exact) mass is 371 g/mol. The molecule has 1 aromatic rings. The van der Waals surface area contributed by atoms with Crippen LogP contribution >= 0.6 is 0 Å². The van der Waals surface area contributed by atoms with Crippen LogP contribution < -0.4 is 10.2 Å². The summed E-state index contributed by atoms with van der Waals surface area (Å²) in [4.78, 5) is 29.3. The number of amides is 2. The minimum atomic E-state index is 0.0140. The Labute approximate surface area is 160 Å². The zero-order valence-corrected chi connectivity index (χ0v) is 15.9. The number of rotatable bonds is 4. The molecule has 0 aromatic heterocycles. The van der Waals surface area contributed by atoms with Crippen molar-refractivity contribution in [2.24, 2.45) is 5.92 Å². The lowest BCUT2D eigenvalue weighted by Crippen LogP contribution is -2.46. The van der Waals surface area contributed by atoms with E-state index in [0.29, 0.717) is 13.1 Å². The average molecular weight is 371 g/mol. The maximum atomic E-state index is 13.1. The summed E-state index contributed by atoms with van der Waals surface area (Å²) in [5.74, 6) is 0.291. The van der Waals surface area contributed by atoms with Crippen molar-refractivity contribution >= 4 is 17.5 Å². The first kappa shape index (κ1) is 18.4. The number of piperidine rings is 1. The van der Waals surface area contributed by atoms with E-state index in [1.165, 1.54) is 5.56 Å². The summed E-state index contributed by atoms with van der Waals surface area (Å²) in [6.07, 6.45) is 4.69. The molecule has 2 saturated heterocycles. The van der Waals surface area contributed by atoms with Crippen LogP contribution in [0.4, 0.5) is 5.69 Å². The summed E-state index contributed by atoms with van der Waals surface area (Å²) in [5.41, 5.74) is 2.34. The van der Waals surface area contributed by atoms with Gasteiger partial charge in [0.25, 0.3) is 0 Å². The number of carbonyl (C=O) groups excluding carboxylic acids is 2. The van der Waals surface area contributed by atoms with E-state index >= 15 is 0 Å². The second-order valence-electron chi connectivity index (χ2n) is 7.80. The number of hydrogen-bond donors (Lipinski definition) is 1. The van der Waals surface area contributed by atoms with E-state index in [1.54, 1.807) is 0 Å². The van der Waals surface area contributed by atoms with Gasteiger partial charge in [-0.3, -0.25) is 9.59 Å². The normalized spacial score (nSPS) is 23.3. The van der Waals surface area contributed by atoms with Crippen molar-refractivity contribution in [3.05, 3.63) is 29.8 Å². The lowest BCUT2D eigenvalue weighted by Gasteiger charge is -2.36. The molecule has 4 rings (SSSR count). The highest BCUT2D eigenvalue weighted by atomic mass is 16.5. The van der Waals surface area contributed by atoms with Crippen LogP contribution in [0.15, 0.2) is 24.3 Å². The third kappa shape index (κ3) is 4.17. The summed E-state index contributed by atoms with van der Waals surface area (Å²) in [5, 5.41) is 3.24. The van der Waals surface area contributed by atoms with Crippen molar-refractivity contribution in [3.63, 3.8) is 0 Å². The number of likely N-dealkylation sites (tertiary alicyclic amines) is 1. The summed E-state index contributed by atoms with van der Waals surface area (Å²) in [7, 11) is 0. The molecule has 3 aliphatic heterocycles. The van der Waals surface area contributed by atoms with Gasteiger partial charge in [0.05, 0.1) is 6.10 Å². The molecule has 3 aliphatic rings. The maximum Gasteiger partial charge on any atom is 0.248 e. The standard InChI is InChI=1S/C21H29N3O3/c25-20(15-27-18-7-10-22-14-18)23-12-8-17(9-13-23)21(26)24-11-3-5-16-4-1-2-6-19(16)24/h1-2,4,6,17-18,22H,3,5,7-15H2. The van der Waals surface area contributed by atoms with Crippen LogP contribution in [-0.2, 0) is 20.7 Å². The molecule has 1 atom stereocenters. The van der Waals surface area contributed by atoms with E-state index in [2.05, 4.69) is 17.4 Å². The number of ether oxygens (including phenoxy) is 1. The SMILES string of the molecule is O=C(COC1CCNC1)N1CCC(C(=O)N2CCCc3ccccc32)CC1. The van der Waals surface area contributed by atoms with Gasteiger partial charge in [-0.1, -0.05) is 18.2 Å². The Balaban J connectivity index is 1.29. The van der Waals surface area contributed by atoms with Gasteiger partial charge in [0.15, 0.2) is 0 Å². The number of benzene rings is 1. The van der Waals surface area contributed by atoms with Crippen LogP contribution in [0.2, 0.25) is 0 Å². The molecule has 1 aromatic carbocycles. The number of para-hydroxylation sites is 1. The Morgan fingerprint density at radius 2 is 1.93 bits per heavy atom. The molecule has 1 unspecified atom stereocenters. The molecule has 6 heteroatoms. The fraction of sp³-hybridized carbons (Fsp3) is 0.619. The van der Waals surface area contributed by atoms with E-state index < -0.39 is 0 Å². The lowest BCUT2D eigenvalue weighted by atomic mass is 9.93. The summed E-state index contributed by atoms with van der Waals surface area (Å²) >= 11 is 0. The summed E-state index contributed by atoms with van der Waals surface area (Å²) < 4.78 is 5.70. The number of hydrogen-bond acceptors (Lipinski definition) is 4. The van der Waals surface area contributed by atoms with E-state index in [4.69, 9.17) is 4.74 Å². The second kappa shape index (κ2) is 8.40. The predicted molar refractivity (Wildman–Crippen MR) is 104 cm³/mol. The van der Waals surface area contributed by atoms with E-state index in [-0.39, 0.29) is 30.4 Å². The number of fused-ring (bicyclic) bond motifs is 1. The molecular formula is C21H29N3O3. The first-order valence-corrected chi connectivity index (χ1v) is 10.2. The summed E-state index contributed by atoms with van der Waals surface area (Å²) in [6, 6.07) is 8.22. The topological polar surface area (TPSA) is 61.9 Å². The van der Waals surface area contributed by atoms with Crippen LogP contribution in [0, 0.1) is 5.92 Å². The van der Waals surface area contributed by atoms with Gasteiger partial charge in [0.1, 0.15) is 6.61 Å². The van der Waals surface area contributed by atoms with Gasteiger partial charge >= 0.3 is 0 Å². The number of aryl methyl sites for hydroxylation is 1. The Kier molecular flexibility index (Phi) is 5.74. The molecule has 27 heavy (non-hydrogen) atoms. The van der Waals surface area contributed by atoms with Crippen molar-refractivity contribution in [1.29, 1.82) is 0 Å². The Hall–Kier alpha value is -1.92. The zero-order chi connectivity index (χ0) is 18.6. The van der Waals surface area contributed by atoms with Gasteiger partial charge in [-0.2, -0.15) is 0 Å². The zero-order valence-electron chi connectivity index (χ0n) is 15.9. The van der Waals surface area contributed by atoms with Crippen molar-refractivity contribution < 1.29 is 14.3 Å². The van der Waals surface area contributed by atoms with Crippen LogP contribution in [0.5, 0.6) is 0 Å². The first-order chi connectivity index (χ1) is 13.2. The van der Waals surface area contributed by atoms with Crippen molar-refractivity contribution in [2.45, 2.75) is 38.2 Å². The molecule has 0 aliphatic carbocycles. The fourth-order valence-corrected chi connectivity index (χ4v) is 4.41. The van der Waals surface area contributed by atoms with Crippen LogP contribution in [0.1, 0.15) is 31.2 Å². The minimum Gasteiger partial charge on any atom is -0.367 e. The van der Waals surface area contributed by atoms with Gasteiger partial charge in [-0.15, -0.1) is 0 Å². The molecular weight excluding hydrogens is 342 g/mol. The van der Waals surface area contributed by atoms with Crippen molar-refractivity contribution in [2.75, 3.05) is 44.2 Å². The molecule has 6 nitrogen and oxygen atoms in total. The maximum absolute atomic E-state index is 13.1.